The molecule has 0 aromatic heterocycles. The SMILES string of the molecule is CC(C)(C)C(F)(F)C(F)(F)C(F)(F)C(F)F. The summed E-state index contributed by atoms with van der Waals surface area (Å²) in [6, 6.07) is 0. The van der Waals surface area contributed by atoms with Crippen LogP contribution >= 0.6 is 0 Å². The van der Waals surface area contributed by atoms with Gasteiger partial charge in [-0.25, -0.2) is 8.78 Å². The van der Waals surface area contributed by atoms with E-state index in [4.69, 9.17) is 0 Å². The maximum absolute atomic E-state index is 13.0. The number of rotatable bonds is 3. The summed E-state index contributed by atoms with van der Waals surface area (Å²) in [5.74, 6) is -17.5. The van der Waals surface area contributed by atoms with Crippen LogP contribution in [0.4, 0.5) is 35.1 Å². The predicted molar refractivity (Wildman–Crippen MR) is 40.3 cm³/mol. The van der Waals surface area contributed by atoms with E-state index in [0.717, 1.165) is 0 Å². The molecule has 0 aliphatic rings. The molecule has 0 heterocycles. The maximum Gasteiger partial charge on any atom is 0.378 e. The first-order valence-corrected chi connectivity index (χ1v) is 4.11. The normalized spacial score (nSPS) is 15.8. The van der Waals surface area contributed by atoms with Crippen molar-refractivity contribution in [2.75, 3.05) is 0 Å². The number of hydrogen-bond acceptors (Lipinski definition) is 0. The van der Waals surface area contributed by atoms with Crippen LogP contribution in [0, 0.1) is 5.41 Å². The molecule has 0 atom stereocenters. The first-order chi connectivity index (χ1) is 6.69. The summed E-state index contributed by atoms with van der Waals surface area (Å²) in [7, 11) is 0. The molecular formula is C8H10F8. The highest BCUT2D eigenvalue weighted by molar-refractivity contribution is 5.02. The Morgan fingerprint density at radius 2 is 1.00 bits per heavy atom. The van der Waals surface area contributed by atoms with Crippen LogP contribution < -0.4 is 0 Å². The van der Waals surface area contributed by atoms with E-state index in [1.54, 1.807) is 0 Å². The van der Waals surface area contributed by atoms with Crippen molar-refractivity contribution < 1.29 is 35.1 Å². The fourth-order valence-corrected chi connectivity index (χ4v) is 0.817. The van der Waals surface area contributed by atoms with E-state index in [2.05, 4.69) is 0 Å². The molecule has 0 aliphatic carbocycles. The third-order valence-electron chi connectivity index (χ3n) is 2.03. The topological polar surface area (TPSA) is 0 Å². The van der Waals surface area contributed by atoms with E-state index in [-0.39, 0.29) is 0 Å². The van der Waals surface area contributed by atoms with Crippen LogP contribution in [0.3, 0.4) is 0 Å². The van der Waals surface area contributed by atoms with Crippen molar-refractivity contribution in [2.45, 2.75) is 45.0 Å². The van der Waals surface area contributed by atoms with Crippen LogP contribution in [-0.4, -0.2) is 24.2 Å². The molecule has 0 aromatic rings. The minimum absolute atomic E-state index is 0.558. The monoisotopic (exact) mass is 258 g/mol. The second-order valence-electron chi connectivity index (χ2n) is 4.32. The van der Waals surface area contributed by atoms with Crippen molar-refractivity contribution in [3.8, 4) is 0 Å². The molecule has 0 nitrogen and oxygen atoms in total. The average molecular weight is 258 g/mol. The Hall–Kier alpha value is -0.560. The van der Waals surface area contributed by atoms with Crippen LogP contribution in [0.1, 0.15) is 20.8 Å². The van der Waals surface area contributed by atoms with Gasteiger partial charge in [-0.05, 0) is 0 Å². The summed E-state index contributed by atoms with van der Waals surface area (Å²) in [6.45, 7) is 1.67. The quantitative estimate of drug-likeness (QED) is 0.665. The molecular weight excluding hydrogens is 248 g/mol. The molecule has 0 aromatic carbocycles. The molecule has 98 valence electrons. The zero-order valence-electron chi connectivity index (χ0n) is 8.60. The molecule has 0 saturated carbocycles. The third-order valence-corrected chi connectivity index (χ3v) is 2.03. The summed E-state index contributed by atoms with van der Waals surface area (Å²) < 4.78 is 99.6. The summed E-state index contributed by atoms with van der Waals surface area (Å²) in [5, 5.41) is 0. The Morgan fingerprint density at radius 3 is 1.19 bits per heavy atom. The van der Waals surface area contributed by atoms with Gasteiger partial charge in [-0.1, -0.05) is 20.8 Å². The van der Waals surface area contributed by atoms with Crippen LogP contribution in [0.15, 0.2) is 0 Å². The van der Waals surface area contributed by atoms with Gasteiger partial charge in [-0.3, -0.25) is 0 Å². The van der Waals surface area contributed by atoms with E-state index in [9.17, 15) is 35.1 Å². The predicted octanol–water partition coefficient (Wildman–Crippen LogP) is 4.20. The standard InChI is InChI=1S/C8H10F8/c1-5(2,3)7(13,14)8(15,16)6(11,12)4(9)10/h4H,1-3H3. The lowest BCUT2D eigenvalue weighted by atomic mass is 9.82. The number of halogens is 8. The second kappa shape index (κ2) is 3.73. The first kappa shape index (κ1) is 15.4. The highest BCUT2D eigenvalue weighted by Gasteiger charge is 2.78. The van der Waals surface area contributed by atoms with E-state index >= 15 is 0 Å². The van der Waals surface area contributed by atoms with Gasteiger partial charge in [0.25, 0.3) is 0 Å². The van der Waals surface area contributed by atoms with Crippen LogP contribution in [0.25, 0.3) is 0 Å². The summed E-state index contributed by atoms with van der Waals surface area (Å²) >= 11 is 0. The first-order valence-electron chi connectivity index (χ1n) is 4.11. The van der Waals surface area contributed by atoms with Crippen molar-refractivity contribution in [2.24, 2.45) is 5.41 Å². The molecule has 16 heavy (non-hydrogen) atoms. The molecule has 8 heteroatoms. The minimum Gasteiger partial charge on any atom is -0.203 e. The Bertz CT molecular complexity index is 249. The zero-order valence-corrected chi connectivity index (χ0v) is 8.60. The van der Waals surface area contributed by atoms with Crippen molar-refractivity contribution in [1.82, 2.24) is 0 Å². The molecule has 0 bridgehead atoms. The lowest BCUT2D eigenvalue weighted by molar-refractivity contribution is -0.360. The van der Waals surface area contributed by atoms with Gasteiger partial charge in [0.2, 0.25) is 0 Å². The summed E-state index contributed by atoms with van der Waals surface area (Å²) in [6.07, 6.45) is -4.87. The van der Waals surface area contributed by atoms with Crippen LogP contribution in [0.2, 0.25) is 0 Å². The summed E-state index contributed by atoms with van der Waals surface area (Å²) in [4.78, 5) is 0. The zero-order chi connectivity index (χ0) is 13.6. The highest BCUT2D eigenvalue weighted by Crippen LogP contribution is 2.54. The van der Waals surface area contributed by atoms with Gasteiger partial charge in [0.15, 0.2) is 0 Å². The van der Waals surface area contributed by atoms with Crippen molar-refractivity contribution >= 4 is 0 Å². The molecule has 0 amide bonds. The number of hydrogen-bond donors (Lipinski definition) is 0. The van der Waals surface area contributed by atoms with Gasteiger partial charge in [0.05, 0.1) is 0 Å². The van der Waals surface area contributed by atoms with E-state index < -0.39 is 29.6 Å². The van der Waals surface area contributed by atoms with Gasteiger partial charge < -0.3 is 0 Å². The Kier molecular flexibility index (Phi) is 3.60. The second-order valence-corrected chi connectivity index (χ2v) is 4.32. The summed E-state index contributed by atoms with van der Waals surface area (Å²) in [5.41, 5.74) is -2.57. The van der Waals surface area contributed by atoms with E-state index in [1.807, 2.05) is 0 Å². The van der Waals surface area contributed by atoms with Gasteiger partial charge in [0.1, 0.15) is 0 Å². The lowest BCUT2D eigenvalue weighted by Gasteiger charge is -2.39. The van der Waals surface area contributed by atoms with Gasteiger partial charge in [-0.2, -0.15) is 26.3 Å². The molecule has 0 fully saturated rings. The molecule has 0 rings (SSSR count). The molecule has 0 radical (unpaired) electrons. The highest BCUT2D eigenvalue weighted by atomic mass is 19.4. The number of alkyl halides is 8. The van der Waals surface area contributed by atoms with E-state index in [0.29, 0.717) is 20.8 Å². The third kappa shape index (κ3) is 1.98. The fourth-order valence-electron chi connectivity index (χ4n) is 0.817. The van der Waals surface area contributed by atoms with Gasteiger partial charge >= 0.3 is 24.2 Å². The van der Waals surface area contributed by atoms with Crippen molar-refractivity contribution in [3.05, 3.63) is 0 Å². The van der Waals surface area contributed by atoms with E-state index in [1.165, 1.54) is 0 Å². The lowest BCUT2D eigenvalue weighted by Crippen LogP contribution is -2.62. The Balaban J connectivity index is 5.53. The smallest absolute Gasteiger partial charge is 0.203 e. The van der Waals surface area contributed by atoms with Crippen molar-refractivity contribution in [1.29, 1.82) is 0 Å². The Labute approximate surface area is 86.6 Å². The molecule has 0 saturated heterocycles. The van der Waals surface area contributed by atoms with Crippen molar-refractivity contribution in [3.63, 3.8) is 0 Å². The Morgan fingerprint density at radius 1 is 0.688 bits per heavy atom. The van der Waals surface area contributed by atoms with Gasteiger partial charge in [0, 0.05) is 5.41 Å². The molecule has 0 spiro atoms. The minimum atomic E-state index is -6.12. The molecule has 0 unspecified atom stereocenters. The molecule has 0 aliphatic heterocycles. The maximum atomic E-state index is 13.0. The van der Waals surface area contributed by atoms with Crippen LogP contribution in [-0.2, 0) is 0 Å². The molecule has 0 N–H and O–H groups in total. The fraction of sp³-hybridized carbons (Fsp3) is 1.00. The average Bonchev–Trinajstić information content (AvgIpc) is 2.00. The van der Waals surface area contributed by atoms with Crippen LogP contribution in [0.5, 0.6) is 0 Å². The van der Waals surface area contributed by atoms with Gasteiger partial charge in [-0.15, -0.1) is 0 Å². The largest absolute Gasteiger partial charge is 0.378 e.